The molecule has 0 aliphatic carbocycles. The number of H-pyrrole nitrogens is 1. The van der Waals surface area contributed by atoms with Crippen LogP contribution in [-0.2, 0) is 13.0 Å². The van der Waals surface area contributed by atoms with Crippen LogP contribution in [0.15, 0.2) is 36.5 Å². The van der Waals surface area contributed by atoms with Crippen LogP contribution in [0, 0.1) is 11.7 Å². The smallest absolute Gasteiger partial charge is 0.123 e. The van der Waals surface area contributed by atoms with Gasteiger partial charge in [-0.05, 0) is 62.5 Å². The number of piperidine rings is 1. The van der Waals surface area contributed by atoms with Gasteiger partial charge >= 0.3 is 0 Å². The lowest BCUT2D eigenvalue weighted by Crippen LogP contribution is -2.40. The van der Waals surface area contributed by atoms with E-state index < -0.39 is 0 Å². The molecular weight excluding hydrogens is 303 g/mol. The molecule has 2 heterocycles. The fraction of sp³-hybridized carbons (Fsp3) is 0.526. The van der Waals surface area contributed by atoms with Gasteiger partial charge in [-0.25, -0.2) is 4.39 Å². The molecule has 0 saturated carbocycles. The number of halogens is 1. The predicted octanol–water partition coefficient (Wildman–Crippen LogP) is 2.94. The Balaban J connectivity index is 1.42. The van der Waals surface area contributed by atoms with Crippen LogP contribution in [0.5, 0.6) is 0 Å². The second-order valence-corrected chi connectivity index (χ2v) is 6.96. The van der Waals surface area contributed by atoms with Crippen molar-refractivity contribution in [2.24, 2.45) is 5.92 Å². The molecule has 1 saturated heterocycles. The third-order valence-corrected chi connectivity index (χ3v) is 4.80. The van der Waals surface area contributed by atoms with Gasteiger partial charge in [0.05, 0.1) is 0 Å². The molecule has 1 fully saturated rings. The third kappa shape index (κ3) is 5.14. The minimum absolute atomic E-state index is 0.155. The predicted molar refractivity (Wildman–Crippen MR) is 94.2 cm³/mol. The molecule has 1 aromatic carbocycles. The summed E-state index contributed by atoms with van der Waals surface area (Å²) in [6.07, 6.45) is 5.38. The fourth-order valence-electron chi connectivity index (χ4n) is 3.61. The fourth-order valence-corrected chi connectivity index (χ4v) is 3.61. The van der Waals surface area contributed by atoms with Crippen LogP contribution in [0.1, 0.15) is 24.1 Å². The van der Waals surface area contributed by atoms with Gasteiger partial charge in [-0.1, -0.05) is 12.1 Å². The summed E-state index contributed by atoms with van der Waals surface area (Å²) in [4.78, 5) is 4.93. The van der Waals surface area contributed by atoms with Crippen LogP contribution in [0.4, 0.5) is 4.39 Å². The number of benzene rings is 1. The summed E-state index contributed by atoms with van der Waals surface area (Å²) >= 11 is 0. The molecule has 24 heavy (non-hydrogen) atoms. The van der Waals surface area contributed by atoms with Gasteiger partial charge in [-0.3, -0.25) is 5.10 Å². The van der Waals surface area contributed by atoms with Crippen molar-refractivity contribution >= 4 is 0 Å². The van der Waals surface area contributed by atoms with Gasteiger partial charge in [0.15, 0.2) is 0 Å². The summed E-state index contributed by atoms with van der Waals surface area (Å²) in [5.41, 5.74) is 2.39. The van der Waals surface area contributed by atoms with Crippen LogP contribution in [0.25, 0.3) is 0 Å². The van der Waals surface area contributed by atoms with Gasteiger partial charge in [0.2, 0.25) is 0 Å². The molecule has 5 heteroatoms. The van der Waals surface area contributed by atoms with E-state index in [0.717, 1.165) is 38.5 Å². The topological polar surface area (TPSA) is 35.2 Å². The third-order valence-electron chi connectivity index (χ3n) is 4.80. The van der Waals surface area contributed by atoms with E-state index >= 15 is 0 Å². The maximum Gasteiger partial charge on any atom is 0.123 e. The number of hydrogen-bond donors (Lipinski definition) is 1. The lowest BCUT2D eigenvalue weighted by Gasteiger charge is -2.34. The number of aromatic amines is 1. The molecule has 1 N–H and O–H groups in total. The Hall–Kier alpha value is -1.72. The zero-order valence-electron chi connectivity index (χ0n) is 14.4. The summed E-state index contributed by atoms with van der Waals surface area (Å²) in [5, 5.41) is 7.04. The number of nitrogens with zero attached hydrogens (tertiary/aromatic N) is 3. The van der Waals surface area contributed by atoms with Gasteiger partial charge in [0.25, 0.3) is 0 Å². The van der Waals surface area contributed by atoms with Crippen molar-refractivity contribution in [3.05, 3.63) is 53.6 Å². The van der Waals surface area contributed by atoms with Crippen molar-refractivity contribution in [2.75, 3.05) is 33.2 Å². The molecular formula is C19H27FN4. The van der Waals surface area contributed by atoms with Crippen molar-refractivity contribution in [1.29, 1.82) is 0 Å². The van der Waals surface area contributed by atoms with Gasteiger partial charge in [-0.15, -0.1) is 0 Å². The van der Waals surface area contributed by atoms with Crippen LogP contribution in [0.3, 0.4) is 0 Å². The van der Waals surface area contributed by atoms with Crippen molar-refractivity contribution in [3.63, 3.8) is 0 Å². The molecule has 1 aliphatic heterocycles. The van der Waals surface area contributed by atoms with Gasteiger partial charge in [-0.2, -0.15) is 5.10 Å². The molecule has 0 unspecified atom stereocenters. The van der Waals surface area contributed by atoms with Crippen LogP contribution >= 0.6 is 0 Å². The largest absolute Gasteiger partial charge is 0.303 e. The van der Waals surface area contributed by atoms with Crippen LogP contribution < -0.4 is 0 Å². The van der Waals surface area contributed by atoms with E-state index in [-0.39, 0.29) is 5.82 Å². The highest BCUT2D eigenvalue weighted by molar-refractivity contribution is 5.16. The molecule has 1 atom stereocenters. The molecule has 2 aromatic rings. The zero-order chi connectivity index (χ0) is 16.8. The van der Waals surface area contributed by atoms with Gasteiger partial charge < -0.3 is 9.80 Å². The zero-order valence-corrected chi connectivity index (χ0v) is 14.4. The van der Waals surface area contributed by atoms with E-state index in [9.17, 15) is 4.39 Å². The average Bonchev–Trinajstić information content (AvgIpc) is 3.07. The summed E-state index contributed by atoms with van der Waals surface area (Å²) < 4.78 is 13.0. The molecule has 1 aromatic heterocycles. The first-order valence-electron chi connectivity index (χ1n) is 8.82. The SMILES string of the molecule is CN(Cc1ccn[nH]1)C[C@H]1CCCN(CCc2ccc(F)cc2)C1. The van der Waals surface area contributed by atoms with E-state index in [1.807, 2.05) is 18.2 Å². The Morgan fingerprint density at radius 1 is 1.29 bits per heavy atom. The van der Waals surface area contributed by atoms with Crippen molar-refractivity contribution < 1.29 is 4.39 Å². The van der Waals surface area contributed by atoms with Crippen LogP contribution in [-0.4, -0.2) is 53.2 Å². The first-order valence-corrected chi connectivity index (χ1v) is 8.82. The maximum atomic E-state index is 13.0. The molecule has 130 valence electrons. The number of nitrogens with one attached hydrogen (secondary N) is 1. The van der Waals surface area contributed by atoms with E-state index in [4.69, 9.17) is 0 Å². The Labute approximate surface area is 143 Å². The first kappa shape index (κ1) is 17.1. The van der Waals surface area contributed by atoms with E-state index in [2.05, 4.69) is 27.0 Å². The lowest BCUT2D eigenvalue weighted by molar-refractivity contribution is 0.142. The lowest BCUT2D eigenvalue weighted by atomic mass is 9.97. The monoisotopic (exact) mass is 330 g/mol. The number of rotatable bonds is 7. The Morgan fingerprint density at radius 3 is 2.88 bits per heavy atom. The first-order chi connectivity index (χ1) is 11.7. The number of hydrogen-bond acceptors (Lipinski definition) is 3. The number of likely N-dealkylation sites (tertiary alicyclic amines) is 1. The molecule has 0 amide bonds. The quantitative estimate of drug-likeness (QED) is 0.848. The van der Waals surface area contributed by atoms with E-state index in [1.165, 1.54) is 30.6 Å². The van der Waals surface area contributed by atoms with Crippen molar-refractivity contribution in [2.45, 2.75) is 25.8 Å². The average molecular weight is 330 g/mol. The van der Waals surface area contributed by atoms with E-state index in [0.29, 0.717) is 0 Å². The van der Waals surface area contributed by atoms with Crippen molar-refractivity contribution in [1.82, 2.24) is 20.0 Å². The Bertz CT molecular complexity index is 596. The summed E-state index contributed by atoms with van der Waals surface area (Å²) in [6, 6.07) is 8.94. The highest BCUT2D eigenvalue weighted by Crippen LogP contribution is 2.18. The Morgan fingerprint density at radius 2 is 2.12 bits per heavy atom. The molecule has 0 bridgehead atoms. The maximum absolute atomic E-state index is 13.0. The molecule has 1 aliphatic rings. The van der Waals surface area contributed by atoms with Crippen molar-refractivity contribution in [3.8, 4) is 0 Å². The summed E-state index contributed by atoms with van der Waals surface area (Å²) in [7, 11) is 2.18. The van der Waals surface area contributed by atoms with E-state index in [1.54, 1.807) is 18.3 Å². The highest BCUT2D eigenvalue weighted by atomic mass is 19.1. The normalized spacial score (nSPS) is 19.0. The standard InChI is InChI=1S/C19H27FN4/c1-23(15-19-8-10-21-22-19)13-17-3-2-11-24(14-17)12-9-16-4-6-18(20)7-5-16/h4-8,10,17H,2-3,9,11-15H2,1H3,(H,21,22)/t17-/m1/s1. The van der Waals surface area contributed by atoms with Crippen LogP contribution in [0.2, 0.25) is 0 Å². The molecule has 0 radical (unpaired) electrons. The number of aromatic nitrogens is 2. The molecule has 0 spiro atoms. The minimum atomic E-state index is -0.155. The second-order valence-electron chi connectivity index (χ2n) is 6.96. The molecule has 4 nitrogen and oxygen atoms in total. The molecule has 3 rings (SSSR count). The Kier molecular flexibility index (Phi) is 5.99. The van der Waals surface area contributed by atoms with Gasteiger partial charge in [0, 0.05) is 38.1 Å². The summed E-state index contributed by atoms with van der Waals surface area (Å²) in [5.74, 6) is 0.567. The second kappa shape index (κ2) is 8.40. The highest BCUT2D eigenvalue weighted by Gasteiger charge is 2.21. The minimum Gasteiger partial charge on any atom is -0.303 e. The van der Waals surface area contributed by atoms with Gasteiger partial charge in [0.1, 0.15) is 5.82 Å². The summed E-state index contributed by atoms with van der Waals surface area (Å²) in [6.45, 7) is 5.45.